The van der Waals surface area contributed by atoms with Gasteiger partial charge in [0.1, 0.15) is 5.70 Å². The van der Waals surface area contributed by atoms with Gasteiger partial charge in [-0.05, 0) is 44.4 Å². The van der Waals surface area contributed by atoms with Gasteiger partial charge in [-0.3, -0.25) is 4.79 Å². The third-order valence-electron chi connectivity index (χ3n) is 3.64. The van der Waals surface area contributed by atoms with Gasteiger partial charge in [0.2, 0.25) is 0 Å². The second-order valence-corrected chi connectivity index (χ2v) is 5.70. The maximum absolute atomic E-state index is 12.2. The van der Waals surface area contributed by atoms with E-state index in [1.807, 2.05) is 6.08 Å². The molecule has 0 aromatic heterocycles. The molecule has 2 N–H and O–H groups in total. The molecule has 94 valence electrons. The van der Waals surface area contributed by atoms with Crippen molar-refractivity contribution < 1.29 is 4.79 Å². The summed E-state index contributed by atoms with van der Waals surface area (Å²) in [5, 5.41) is 6.30. The number of hydrogen-bond donors (Lipinski definition) is 2. The van der Waals surface area contributed by atoms with Gasteiger partial charge in [0.15, 0.2) is 0 Å². The van der Waals surface area contributed by atoms with E-state index in [0.29, 0.717) is 5.70 Å². The topological polar surface area (TPSA) is 41.1 Å². The fourth-order valence-corrected chi connectivity index (χ4v) is 2.25. The second-order valence-electron chi connectivity index (χ2n) is 5.70. The smallest absolute Gasteiger partial charge is 0.268 e. The van der Waals surface area contributed by atoms with Gasteiger partial charge >= 0.3 is 0 Å². The Bertz CT molecular complexity index is 531. The summed E-state index contributed by atoms with van der Waals surface area (Å²) >= 11 is 0. The Hall–Kier alpha value is -1.77. The van der Waals surface area contributed by atoms with Gasteiger partial charge in [-0.15, -0.1) is 0 Å². The Kier molecular flexibility index (Phi) is 2.44. The molecule has 1 saturated carbocycles. The summed E-state index contributed by atoms with van der Waals surface area (Å²) in [6.07, 6.45) is 11.3. The number of nitrogens with one attached hydrogen (secondary N) is 2. The van der Waals surface area contributed by atoms with Gasteiger partial charge in [-0.1, -0.05) is 17.7 Å². The molecule has 2 bridgehead atoms. The van der Waals surface area contributed by atoms with Gasteiger partial charge in [-0.2, -0.15) is 0 Å². The lowest BCUT2D eigenvalue weighted by Gasteiger charge is -2.21. The molecule has 18 heavy (non-hydrogen) atoms. The third-order valence-corrected chi connectivity index (χ3v) is 3.64. The molecule has 1 heterocycles. The summed E-state index contributed by atoms with van der Waals surface area (Å²) < 4.78 is 0. The molecule has 3 nitrogen and oxygen atoms in total. The van der Waals surface area contributed by atoms with Crippen LogP contribution in [0.2, 0.25) is 0 Å². The molecule has 1 amide bonds. The van der Waals surface area contributed by atoms with E-state index in [2.05, 4.69) is 42.7 Å². The SMILES string of the molecule is CC1=CC=C2CC(=C1)C=C(C(=O)NC1(C)CC1)N2. The highest BCUT2D eigenvalue weighted by molar-refractivity contribution is 5.95. The molecule has 1 aliphatic heterocycles. The van der Waals surface area contributed by atoms with Crippen LogP contribution < -0.4 is 10.6 Å². The van der Waals surface area contributed by atoms with E-state index >= 15 is 0 Å². The Morgan fingerprint density at radius 3 is 2.83 bits per heavy atom. The van der Waals surface area contributed by atoms with Crippen molar-refractivity contribution in [1.29, 1.82) is 0 Å². The molecule has 0 spiro atoms. The predicted octanol–water partition coefficient (Wildman–Crippen LogP) is 2.30. The molecule has 2 aliphatic carbocycles. The summed E-state index contributed by atoms with van der Waals surface area (Å²) in [6, 6.07) is 0. The quantitative estimate of drug-likeness (QED) is 0.780. The minimum atomic E-state index is 0.00560. The maximum atomic E-state index is 12.2. The lowest BCUT2D eigenvalue weighted by molar-refractivity contribution is -0.118. The van der Waals surface area contributed by atoms with Crippen LogP contribution in [-0.2, 0) is 4.79 Å². The average Bonchev–Trinajstić information content (AvgIpc) is 3.04. The van der Waals surface area contributed by atoms with E-state index in [1.165, 1.54) is 11.1 Å². The van der Waals surface area contributed by atoms with Crippen molar-refractivity contribution in [2.24, 2.45) is 0 Å². The molecule has 0 saturated heterocycles. The second kappa shape index (κ2) is 3.87. The Morgan fingerprint density at radius 1 is 1.33 bits per heavy atom. The van der Waals surface area contributed by atoms with Crippen molar-refractivity contribution in [2.75, 3.05) is 0 Å². The fraction of sp³-hybridized carbons (Fsp3) is 0.400. The Balaban J connectivity index is 1.83. The summed E-state index contributed by atoms with van der Waals surface area (Å²) in [4.78, 5) is 12.2. The highest BCUT2D eigenvalue weighted by atomic mass is 16.2. The summed E-state index contributed by atoms with van der Waals surface area (Å²) in [5.41, 5.74) is 4.19. The first-order chi connectivity index (χ1) is 8.54. The fourth-order valence-electron chi connectivity index (χ4n) is 2.25. The molecular weight excluding hydrogens is 224 g/mol. The van der Waals surface area contributed by atoms with Crippen LogP contribution in [0.4, 0.5) is 0 Å². The number of amides is 1. The summed E-state index contributed by atoms with van der Waals surface area (Å²) in [7, 11) is 0. The number of carbonyl (C=O) groups excluding carboxylic acids is 1. The highest BCUT2D eigenvalue weighted by Crippen LogP contribution is 2.34. The van der Waals surface area contributed by atoms with Crippen LogP contribution >= 0.6 is 0 Å². The van der Waals surface area contributed by atoms with E-state index in [0.717, 1.165) is 25.0 Å². The van der Waals surface area contributed by atoms with Crippen LogP contribution in [0.15, 0.2) is 46.8 Å². The van der Waals surface area contributed by atoms with Gasteiger partial charge in [0, 0.05) is 17.7 Å². The van der Waals surface area contributed by atoms with Crippen molar-refractivity contribution in [3.8, 4) is 0 Å². The van der Waals surface area contributed by atoms with Gasteiger partial charge in [0.05, 0.1) is 0 Å². The van der Waals surface area contributed by atoms with Crippen molar-refractivity contribution in [3.05, 3.63) is 46.8 Å². The molecule has 0 aromatic rings. The van der Waals surface area contributed by atoms with Crippen LogP contribution in [0.1, 0.15) is 33.1 Å². The zero-order valence-corrected chi connectivity index (χ0v) is 10.8. The average molecular weight is 242 g/mol. The number of allylic oxidation sites excluding steroid dienone is 6. The minimum Gasteiger partial charge on any atom is -0.354 e. The highest BCUT2D eigenvalue weighted by Gasteiger charge is 2.39. The van der Waals surface area contributed by atoms with Gasteiger partial charge < -0.3 is 10.6 Å². The standard InChI is InChI=1S/C15H18N2O/c1-10-3-4-12-8-11(7-10)9-13(16-12)14(18)17-15(2)5-6-15/h3-4,7,9,16H,5-6,8H2,1-2H3,(H,17,18). The van der Waals surface area contributed by atoms with E-state index in [-0.39, 0.29) is 11.4 Å². The van der Waals surface area contributed by atoms with E-state index < -0.39 is 0 Å². The van der Waals surface area contributed by atoms with Crippen LogP contribution in [0.5, 0.6) is 0 Å². The maximum Gasteiger partial charge on any atom is 0.268 e. The first-order valence-electron chi connectivity index (χ1n) is 6.43. The van der Waals surface area contributed by atoms with Crippen molar-refractivity contribution >= 4 is 5.91 Å². The molecule has 0 atom stereocenters. The van der Waals surface area contributed by atoms with Gasteiger partial charge in [0.25, 0.3) is 5.91 Å². The summed E-state index contributed by atoms with van der Waals surface area (Å²) in [6.45, 7) is 4.16. The van der Waals surface area contributed by atoms with Crippen molar-refractivity contribution in [1.82, 2.24) is 10.6 Å². The number of hydrogen-bond acceptors (Lipinski definition) is 2. The first kappa shape index (κ1) is 11.3. The monoisotopic (exact) mass is 242 g/mol. The normalized spacial score (nSPS) is 23.7. The van der Waals surface area contributed by atoms with Crippen LogP contribution in [0.25, 0.3) is 0 Å². The molecular formula is C15H18N2O. The van der Waals surface area contributed by atoms with Crippen molar-refractivity contribution in [2.45, 2.75) is 38.6 Å². The lowest BCUT2D eigenvalue weighted by Crippen LogP contribution is -2.39. The molecule has 1 fully saturated rings. The third kappa shape index (κ3) is 2.26. The Morgan fingerprint density at radius 2 is 2.11 bits per heavy atom. The van der Waals surface area contributed by atoms with Gasteiger partial charge in [-0.25, -0.2) is 0 Å². The van der Waals surface area contributed by atoms with E-state index in [1.54, 1.807) is 0 Å². The first-order valence-corrected chi connectivity index (χ1v) is 6.43. The lowest BCUT2D eigenvalue weighted by atomic mass is 10.0. The molecule has 3 heteroatoms. The molecule has 0 unspecified atom stereocenters. The van der Waals surface area contributed by atoms with Crippen LogP contribution in [0.3, 0.4) is 0 Å². The number of rotatable bonds is 2. The largest absolute Gasteiger partial charge is 0.354 e. The van der Waals surface area contributed by atoms with E-state index in [4.69, 9.17) is 0 Å². The van der Waals surface area contributed by atoms with Crippen LogP contribution in [-0.4, -0.2) is 11.4 Å². The molecule has 3 aliphatic rings. The summed E-state index contributed by atoms with van der Waals surface area (Å²) in [5.74, 6) is 0.00560. The molecule has 0 radical (unpaired) electrons. The number of carbonyl (C=O) groups is 1. The minimum absolute atomic E-state index is 0.00560. The van der Waals surface area contributed by atoms with E-state index in [9.17, 15) is 4.79 Å². The predicted molar refractivity (Wildman–Crippen MR) is 71.5 cm³/mol. The number of fused-ring (bicyclic) bond motifs is 2. The zero-order valence-electron chi connectivity index (χ0n) is 10.8. The Labute approximate surface area is 107 Å². The zero-order chi connectivity index (χ0) is 12.8. The molecule has 0 aromatic carbocycles. The molecule has 3 rings (SSSR count). The van der Waals surface area contributed by atoms with Crippen LogP contribution in [0, 0.1) is 0 Å². The van der Waals surface area contributed by atoms with Crippen molar-refractivity contribution in [3.63, 3.8) is 0 Å².